The van der Waals surface area contributed by atoms with E-state index in [1.807, 2.05) is 0 Å². The van der Waals surface area contributed by atoms with Crippen LogP contribution in [0.1, 0.15) is 34.6 Å². The normalized spacial score (nSPS) is 14.5. The van der Waals surface area contributed by atoms with Crippen molar-refractivity contribution in [1.82, 2.24) is 4.98 Å². The summed E-state index contributed by atoms with van der Waals surface area (Å²) in [4.78, 5) is 16.5. The second-order valence-electron chi connectivity index (χ2n) is 5.06. The first-order valence-corrected chi connectivity index (χ1v) is 7.77. The summed E-state index contributed by atoms with van der Waals surface area (Å²) in [5, 5.41) is 0.796. The van der Waals surface area contributed by atoms with Gasteiger partial charge in [0.15, 0.2) is 6.29 Å². The van der Waals surface area contributed by atoms with Gasteiger partial charge in [-0.2, -0.15) is 0 Å². The molecule has 0 saturated heterocycles. The Morgan fingerprint density at radius 1 is 1.45 bits per heavy atom. The highest BCUT2D eigenvalue weighted by molar-refractivity contribution is 7.15. The average molecular weight is 310 g/mol. The number of carbonyl (C=O) groups is 1. The van der Waals surface area contributed by atoms with Gasteiger partial charge in [-0.15, -0.1) is 11.3 Å². The Labute approximate surface area is 125 Å². The molecule has 0 radical (unpaired) electrons. The van der Waals surface area contributed by atoms with Crippen LogP contribution in [0.25, 0.3) is 10.6 Å². The van der Waals surface area contributed by atoms with Crippen molar-refractivity contribution in [2.24, 2.45) is 5.92 Å². The van der Waals surface area contributed by atoms with E-state index < -0.39 is 5.82 Å². The molecule has 3 rings (SSSR count). The van der Waals surface area contributed by atoms with Crippen molar-refractivity contribution in [1.29, 1.82) is 0 Å². The number of aryl methyl sites for hydroxylation is 1. The molecule has 1 aromatic carbocycles. The van der Waals surface area contributed by atoms with E-state index in [0.29, 0.717) is 5.69 Å². The molecule has 0 atom stereocenters. The number of halogens is 2. The fourth-order valence-electron chi connectivity index (χ4n) is 2.13. The van der Waals surface area contributed by atoms with E-state index in [2.05, 4.69) is 4.98 Å². The fourth-order valence-corrected chi connectivity index (χ4v) is 3.35. The molecule has 1 heterocycles. The Morgan fingerprint density at radius 2 is 2.25 bits per heavy atom. The van der Waals surface area contributed by atoms with E-state index in [0.717, 1.165) is 40.5 Å². The Balaban J connectivity index is 1.88. The van der Waals surface area contributed by atoms with Crippen LogP contribution in [-0.2, 0) is 6.42 Å². The molecule has 0 unspecified atom stereocenters. The molecule has 0 N–H and O–H groups in total. The highest BCUT2D eigenvalue weighted by atomic mass is 35.5. The van der Waals surface area contributed by atoms with Crippen molar-refractivity contribution < 1.29 is 9.18 Å². The lowest BCUT2D eigenvalue weighted by atomic mass is 10.2. The molecule has 2 aromatic rings. The maximum absolute atomic E-state index is 13.2. The zero-order valence-electron chi connectivity index (χ0n) is 10.7. The van der Waals surface area contributed by atoms with E-state index in [-0.39, 0.29) is 5.02 Å². The predicted octanol–water partition coefficient (Wildman–Crippen LogP) is 4.76. The minimum absolute atomic E-state index is 0.0740. The number of carbonyl (C=O) groups excluding carboxylic acids is 1. The molecule has 1 aliphatic rings. The van der Waals surface area contributed by atoms with Crippen molar-refractivity contribution in [3.63, 3.8) is 0 Å². The first-order valence-electron chi connectivity index (χ1n) is 6.57. The molecule has 2 nitrogen and oxygen atoms in total. The lowest BCUT2D eigenvalue weighted by Crippen LogP contribution is -1.89. The lowest BCUT2D eigenvalue weighted by molar-refractivity contribution is 0.111. The second-order valence-corrected chi connectivity index (χ2v) is 6.55. The molecule has 0 bridgehead atoms. The summed E-state index contributed by atoms with van der Waals surface area (Å²) in [6.07, 6.45) is 5.41. The van der Waals surface area contributed by atoms with Gasteiger partial charge in [0.25, 0.3) is 0 Å². The van der Waals surface area contributed by atoms with Crippen molar-refractivity contribution in [2.45, 2.75) is 25.7 Å². The van der Waals surface area contributed by atoms with Gasteiger partial charge in [-0.25, -0.2) is 9.37 Å². The molecular weight excluding hydrogens is 297 g/mol. The van der Waals surface area contributed by atoms with Crippen molar-refractivity contribution in [3.05, 3.63) is 39.6 Å². The summed E-state index contributed by atoms with van der Waals surface area (Å²) in [6, 6.07) is 4.51. The minimum Gasteiger partial charge on any atom is -0.296 e. The van der Waals surface area contributed by atoms with Crippen LogP contribution in [0, 0.1) is 11.7 Å². The van der Waals surface area contributed by atoms with Crippen LogP contribution in [0.3, 0.4) is 0 Å². The minimum atomic E-state index is -0.448. The standard InChI is InChI=1S/C15H13ClFNOS/c16-11-7-10(4-5-12(11)17)15-18-13(8-19)14(20-15)6-3-9-1-2-9/h4-5,7-9H,1-3,6H2. The average Bonchev–Trinajstić information content (AvgIpc) is 3.18. The molecule has 1 aromatic heterocycles. The van der Waals surface area contributed by atoms with Gasteiger partial charge in [0.05, 0.1) is 5.02 Å². The first kappa shape index (κ1) is 13.7. The summed E-state index contributed by atoms with van der Waals surface area (Å²) in [6.45, 7) is 0. The van der Waals surface area contributed by atoms with Gasteiger partial charge in [-0.05, 0) is 37.0 Å². The Bertz CT molecular complexity index is 651. The molecule has 1 fully saturated rings. The Hall–Kier alpha value is -1.26. The van der Waals surface area contributed by atoms with Crippen LogP contribution in [-0.4, -0.2) is 11.3 Å². The van der Waals surface area contributed by atoms with Gasteiger partial charge in [-0.1, -0.05) is 24.4 Å². The van der Waals surface area contributed by atoms with E-state index >= 15 is 0 Å². The van der Waals surface area contributed by atoms with Gasteiger partial charge >= 0.3 is 0 Å². The molecule has 0 aliphatic heterocycles. The number of rotatable bonds is 5. The molecule has 1 aliphatic carbocycles. The van der Waals surface area contributed by atoms with Gasteiger partial charge in [-0.3, -0.25) is 4.79 Å². The summed E-state index contributed by atoms with van der Waals surface area (Å²) < 4.78 is 13.2. The number of hydrogen-bond donors (Lipinski definition) is 0. The lowest BCUT2D eigenvalue weighted by Gasteiger charge is -1.98. The molecule has 1 saturated carbocycles. The smallest absolute Gasteiger partial charge is 0.169 e. The SMILES string of the molecule is O=Cc1nc(-c2ccc(F)c(Cl)c2)sc1CCC1CC1. The summed E-state index contributed by atoms with van der Waals surface area (Å²) in [7, 11) is 0. The van der Waals surface area contributed by atoms with Crippen LogP contribution in [0.2, 0.25) is 5.02 Å². The highest BCUT2D eigenvalue weighted by Gasteiger charge is 2.22. The van der Waals surface area contributed by atoms with Crippen LogP contribution in [0.5, 0.6) is 0 Å². The number of thiazole rings is 1. The van der Waals surface area contributed by atoms with Crippen LogP contribution in [0.15, 0.2) is 18.2 Å². The molecular formula is C15H13ClFNOS. The zero-order valence-corrected chi connectivity index (χ0v) is 12.3. The topological polar surface area (TPSA) is 30.0 Å². The van der Waals surface area contributed by atoms with E-state index in [9.17, 15) is 9.18 Å². The number of nitrogens with zero attached hydrogens (tertiary/aromatic N) is 1. The second kappa shape index (κ2) is 5.62. The summed E-state index contributed by atoms with van der Waals surface area (Å²) in [5.74, 6) is 0.372. The maximum Gasteiger partial charge on any atom is 0.169 e. The number of benzene rings is 1. The van der Waals surface area contributed by atoms with Gasteiger partial charge in [0.1, 0.15) is 16.5 Å². The zero-order chi connectivity index (χ0) is 14.1. The van der Waals surface area contributed by atoms with Crippen molar-refractivity contribution >= 4 is 29.2 Å². The quantitative estimate of drug-likeness (QED) is 0.745. The van der Waals surface area contributed by atoms with Gasteiger partial charge in [0, 0.05) is 10.4 Å². The van der Waals surface area contributed by atoms with Crippen molar-refractivity contribution in [3.8, 4) is 10.6 Å². The fraction of sp³-hybridized carbons (Fsp3) is 0.333. The number of hydrogen-bond acceptors (Lipinski definition) is 3. The van der Waals surface area contributed by atoms with Gasteiger partial charge < -0.3 is 0 Å². The summed E-state index contributed by atoms with van der Waals surface area (Å²) >= 11 is 7.29. The Morgan fingerprint density at radius 3 is 2.90 bits per heavy atom. The van der Waals surface area contributed by atoms with Crippen LogP contribution >= 0.6 is 22.9 Å². The number of aldehydes is 1. The third-order valence-corrected chi connectivity index (χ3v) is 4.95. The maximum atomic E-state index is 13.2. The van der Waals surface area contributed by atoms with E-state index in [1.54, 1.807) is 12.1 Å². The largest absolute Gasteiger partial charge is 0.296 e. The number of aromatic nitrogens is 1. The molecule has 0 spiro atoms. The van der Waals surface area contributed by atoms with Gasteiger partial charge in [0.2, 0.25) is 0 Å². The first-order chi connectivity index (χ1) is 9.67. The molecule has 0 amide bonds. The van der Waals surface area contributed by atoms with Crippen molar-refractivity contribution in [2.75, 3.05) is 0 Å². The predicted molar refractivity (Wildman–Crippen MR) is 79.0 cm³/mol. The summed E-state index contributed by atoms with van der Waals surface area (Å²) in [5.41, 5.74) is 1.26. The van der Waals surface area contributed by atoms with E-state index in [4.69, 9.17) is 11.6 Å². The molecule has 5 heteroatoms. The van der Waals surface area contributed by atoms with E-state index in [1.165, 1.54) is 30.2 Å². The monoisotopic (exact) mass is 309 g/mol. The molecule has 104 valence electrons. The third kappa shape index (κ3) is 2.91. The third-order valence-electron chi connectivity index (χ3n) is 3.48. The highest BCUT2D eigenvalue weighted by Crippen LogP contribution is 2.36. The molecule has 20 heavy (non-hydrogen) atoms. The van der Waals surface area contributed by atoms with Crippen LogP contribution < -0.4 is 0 Å². The Kier molecular flexibility index (Phi) is 3.85. The van der Waals surface area contributed by atoms with Crippen LogP contribution in [0.4, 0.5) is 4.39 Å².